The first-order valence-corrected chi connectivity index (χ1v) is 9.30. The molecule has 2 amide bonds. The number of carbonyl (C=O) groups excluding carboxylic acids is 2. The molecule has 0 radical (unpaired) electrons. The van der Waals surface area contributed by atoms with Gasteiger partial charge in [0.05, 0.1) is 17.2 Å². The van der Waals surface area contributed by atoms with Crippen LogP contribution in [0.3, 0.4) is 0 Å². The van der Waals surface area contributed by atoms with Crippen LogP contribution in [0.2, 0.25) is 0 Å². The minimum Gasteiger partial charge on any atom is -0.342 e. The van der Waals surface area contributed by atoms with Crippen LogP contribution < -0.4 is 0 Å². The molecule has 1 saturated heterocycles. The van der Waals surface area contributed by atoms with Crippen LogP contribution in [0.5, 0.6) is 0 Å². The van der Waals surface area contributed by atoms with E-state index in [1.54, 1.807) is 23.5 Å². The summed E-state index contributed by atoms with van der Waals surface area (Å²) in [6.07, 6.45) is 3.35. The fraction of sp³-hybridized carbons (Fsp3) is 0.588. The van der Waals surface area contributed by atoms with Crippen molar-refractivity contribution in [1.82, 2.24) is 19.7 Å². The van der Waals surface area contributed by atoms with Gasteiger partial charge in [0, 0.05) is 50.7 Å². The number of amides is 2. The molecular formula is C17H26N4O2S. The number of aromatic nitrogens is 1. The third-order valence-electron chi connectivity index (χ3n) is 4.19. The monoisotopic (exact) mass is 350 g/mol. The Morgan fingerprint density at radius 2 is 1.92 bits per heavy atom. The number of hydrogen-bond acceptors (Lipinski definition) is 5. The summed E-state index contributed by atoms with van der Waals surface area (Å²) in [6, 6.07) is 0. The molecule has 0 aliphatic carbocycles. The van der Waals surface area contributed by atoms with Gasteiger partial charge in [0.25, 0.3) is 0 Å². The number of nitrogens with zero attached hydrogens (tertiary/aromatic N) is 4. The second kappa shape index (κ2) is 8.94. The number of aryl methyl sites for hydroxylation is 1. The first-order valence-electron chi connectivity index (χ1n) is 8.42. The maximum atomic E-state index is 12.2. The molecule has 0 aromatic carbocycles. The van der Waals surface area contributed by atoms with Crippen LogP contribution in [-0.4, -0.2) is 77.3 Å². The lowest BCUT2D eigenvalue weighted by Gasteiger charge is -2.34. The zero-order valence-corrected chi connectivity index (χ0v) is 15.5. The standard InChI is InChI=1S/C17H26N4O2S/c1-4-20(5-2)17(23)12-19-8-10-21(11-9-19)16(22)7-6-15-13-24-14(3)18-15/h6-7,13H,4-5,8-12H2,1-3H3/b7-6+. The summed E-state index contributed by atoms with van der Waals surface area (Å²) in [5.74, 6) is 0.175. The van der Waals surface area contributed by atoms with Crippen molar-refractivity contribution in [2.24, 2.45) is 0 Å². The first-order chi connectivity index (χ1) is 11.5. The van der Waals surface area contributed by atoms with Gasteiger partial charge in [0.15, 0.2) is 0 Å². The molecule has 7 heteroatoms. The fourth-order valence-corrected chi connectivity index (χ4v) is 3.29. The van der Waals surface area contributed by atoms with Crippen molar-refractivity contribution >= 4 is 29.2 Å². The quantitative estimate of drug-likeness (QED) is 0.729. The number of thiazole rings is 1. The van der Waals surface area contributed by atoms with Gasteiger partial charge in [-0.1, -0.05) is 0 Å². The largest absolute Gasteiger partial charge is 0.342 e. The van der Waals surface area contributed by atoms with E-state index in [9.17, 15) is 9.59 Å². The molecule has 1 aromatic rings. The van der Waals surface area contributed by atoms with E-state index in [2.05, 4.69) is 9.88 Å². The molecule has 1 fully saturated rings. The van der Waals surface area contributed by atoms with E-state index in [0.29, 0.717) is 19.6 Å². The lowest BCUT2D eigenvalue weighted by molar-refractivity contribution is -0.133. The molecule has 1 aliphatic rings. The number of likely N-dealkylation sites (N-methyl/N-ethyl adjacent to an activating group) is 1. The highest BCUT2D eigenvalue weighted by molar-refractivity contribution is 7.09. The van der Waals surface area contributed by atoms with E-state index in [1.807, 2.05) is 36.0 Å². The summed E-state index contributed by atoms with van der Waals surface area (Å²) in [5, 5.41) is 2.93. The maximum Gasteiger partial charge on any atom is 0.246 e. The van der Waals surface area contributed by atoms with Crippen LogP contribution >= 0.6 is 11.3 Å². The highest BCUT2D eigenvalue weighted by Crippen LogP contribution is 2.10. The smallest absolute Gasteiger partial charge is 0.246 e. The number of rotatable bonds is 6. The molecule has 1 aliphatic heterocycles. The summed E-state index contributed by atoms with van der Waals surface area (Å²) in [7, 11) is 0. The van der Waals surface area contributed by atoms with Gasteiger partial charge < -0.3 is 9.80 Å². The molecule has 1 aromatic heterocycles. The molecule has 24 heavy (non-hydrogen) atoms. The van der Waals surface area contributed by atoms with Gasteiger partial charge in [-0.3, -0.25) is 14.5 Å². The summed E-state index contributed by atoms with van der Waals surface area (Å²) >= 11 is 1.57. The van der Waals surface area contributed by atoms with Gasteiger partial charge in [-0.05, 0) is 26.8 Å². The normalized spacial score (nSPS) is 15.9. The molecule has 2 rings (SSSR count). The average Bonchev–Trinajstić information content (AvgIpc) is 3.00. The Labute approximate surface area is 147 Å². The molecular weight excluding hydrogens is 324 g/mol. The number of piperazine rings is 1. The van der Waals surface area contributed by atoms with Gasteiger partial charge in [-0.15, -0.1) is 11.3 Å². The molecule has 6 nitrogen and oxygen atoms in total. The van der Waals surface area contributed by atoms with Crippen molar-refractivity contribution < 1.29 is 9.59 Å². The fourth-order valence-electron chi connectivity index (χ4n) is 2.71. The van der Waals surface area contributed by atoms with E-state index in [0.717, 1.165) is 36.9 Å². The second-order valence-corrected chi connectivity index (χ2v) is 6.85. The van der Waals surface area contributed by atoms with Crippen LogP contribution in [0.1, 0.15) is 24.5 Å². The Hall–Kier alpha value is -1.73. The minimum absolute atomic E-state index is 0.00960. The molecule has 2 heterocycles. The van der Waals surface area contributed by atoms with Crippen molar-refractivity contribution in [2.75, 3.05) is 45.8 Å². The Kier molecular flexibility index (Phi) is 6.93. The first kappa shape index (κ1) is 18.6. The van der Waals surface area contributed by atoms with Crippen molar-refractivity contribution in [1.29, 1.82) is 0 Å². The van der Waals surface area contributed by atoms with Crippen LogP contribution in [0, 0.1) is 6.92 Å². The minimum atomic E-state index is 0.00960. The Bertz CT molecular complexity index is 587. The molecule has 0 bridgehead atoms. The van der Waals surface area contributed by atoms with Crippen molar-refractivity contribution in [2.45, 2.75) is 20.8 Å². The van der Waals surface area contributed by atoms with Crippen LogP contribution in [0.4, 0.5) is 0 Å². The zero-order valence-electron chi connectivity index (χ0n) is 14.7. The summed E-state index contributed by atoms with van der Waals surface area (Å²) in [5.41, 5.74) is 0.828. The third kappa shape index (κ3) is 5.14. The van der Waals surface area contributed by atoms with E-state index >= 15 is 0 Å². The number of carbonyl (C=O) groups is 2. The topological polar surface area (TPSA) is 56.8 Å². The second-order valence-electron chi connectivity index (χ2n) is 5.79. The van der Waals surface area contributed by atoms with Gasteiger partial charge in [0.2, 0.25) is 11.8 Å². The van der Waals surface area contributed by atoms with E-state index in [4.69, 9.17) is 0 Å². The Balaban J connectivity index is 1.78. The summed E-state index contributed by atoms with van der Waals surface area (Å²) < 4.78 is 0. The van der Waals surface area contributed by atoms with Crippen molar-refractivity contribution in [3.63, 3.8) is 0 Å². The van der Waals surface area contributed by atoms with Crippen LogP contribution in [0.25, 0.3) is 6.08 Å². The predicted molar refractivity (Wildman–Crippen MR) is 96.8 cm³/mol. The maximum absolute atomic E-state index is 12.2. The Morgan fingerprint density at radius 3 is 2.46 bits per heavy atom. The molecule has 0 spiro atoms. The molecule has 0 atom stereocenters. The van der Waals surface area contributed by atoms with Gasteiger partial charge in [0.1, 0.15) is 0 Å². The van der Waals surface area contributed by atoms with Gasteiger partial charge in [-0.25, -0.2) is 4.98 Å². The zero-order chi connectivity index (χ0) is 17.5. The van der Waals surface area contributed by atoms with E-state index in [-0.39, 0.29) is 11.8 Å². The van der Waals surface area contributed by atoms with E-state index < -0.39 is 0 Å². The van der Waals surface area contributed by atoms with Crippen LogP contribution in [0.15, 0.2) is 11.5 Å². The SMILES string of the molecule is CCN(CC)C(=O)CN1CCN(C(=O)/C=C/c2csc(C)n2)CC1. The lowest BCUT2D eigenvalue weighted by atomic mass is 10.3. The Morgan fingerprint density at radius 1 is 1.25 bits per heavy atom. The van der Waals surface area contributed by atoms with Crippen LogP contribution in [-0.2, 0) is 9.59 Å². The summed E-state index contributed by atoms with van der Waals surface area (Å²) in [4.78, 5) is 34.5. The van der Waals surface area contributed by atoms with Crippen molar-refractivity contribution in [3.8, 4) is 0 Å². The molecule has 0 unspecified atom stereocenters. The lowest BCUT2D eigenvalue weighted by Crippen LogP contribution is -2.51. The van der Waals surface area contributed by atoms with E-state index in [1.165, 1.54) is 0 Å². The summed E-state index contributed by atoms with van der Waals surface area (Å²) in [6.45, 7) is 10.7. The highest BCUT2D eigenvalue weighted by Gasteiger charge is 2.22. The predicted octanol–water partition coefficient (Wildman–Crippen LogP) is 1.48. The molecule has 0 saturated carbocycles. The molecule has 132 valence electrons. The molecule has 0 N–H and O–H groups in total. The highest BCUT2D eigenvalue weighted by atomic mass is 32.1. The van der Waals surface area contributed by atoms with Gasteiger partial charge in [-0.2, -0.15) is 0 Å². The van der Waals surface area contributed by atoms with Gasteiger partial charge >= 0.3 is 0 Å². The van der Waals surface area contributed by atoms with Crippen molar-refractivity contribution in [3.05, 3.63) is 22.2 Å². The average molecular weight is 350 g/mol. The number of hydrogen-bond donors (Lipinski definition) is 0. The third-order valence-corrected chi connectivity index (χ3v) is 4.98.